The number of carbonyl (C=O) groups is 5. The van der Waals surface area contributed by atoms with Crippen molar-refractivity contribution >= 4 is 35.3 Å². The minimum Gasteiger partial charge on any atom is -0.449 e. The van der Waals surface area contributed by atoms with Crippen molar-refractivity contribution in [1.29, 1.82) is 0 Å². The van der Waals surface area contributed by atoms with Crippen LogP contribution in [0.15, 0.2) is 47.4 Å². The number of allylic oxidation sites excluding steroid dienone is 2. The summed E-state index contributed by atoms with van der Waals surface area (Å²) >= 11 is 0. The number of morpholine rings is 2. The number of hydrogen-bond donors (Lipinski definition) is 2. The largest absolute Gasteiger partial charge is 0.449 e. The zero-order valence-corrected chi connectivity index (χ0v) is 21.3. The molecule has 13 heteroatoms. The summed E-state index contributed by atoms with van der Waals surface area (Å²) in [6, 6.07) is 5.67. The zero-order valence-electron chi connectivity index (χ0n) is 21.3. The van der Waals surface area contributed by atoms with Gasteiger partial charge >= 0.3 is 5.97 Å². The molecule has 208 valence electrons. The highest BCUT2D eigenvalue weighted by Crippen LogP contribution is 2.30. The third kappa shape index (κ3) is 6.49. The minimum absolute atomic E-state index is 0.00500. The highest BCUT2D eigenvalue weighted by Gasteiger charge is 2.43. The number of ether oxygens (including phenoxy) is 3. The molecule has 4 rings (SSSR count). The highest BCUT2D eigenvalue weighted by atomic mass is 19.1. The molecular weight excluding hydrogens is 515 g/mol. The number of primary amides is 1. The third-order valence-corrected chi connectivity index (χ3v) is 6.46. The van der Waals surface area contributed by atoms with E-state index in [4.69, 9.17) is 19.9 Å². The van der Waals surface area contributed by atoms with Gasteiger partial charge in [0.25, 0.3) is 17.7 Å². The summed E-state index contributed by atoms with van der Waals surface area (Å²) in [6.45, 7) is 2.58. The molecule has 2 saturated heterocycles. The van der Waals surface area contributed by atoms with E-state index in [2.05, 4.69) is 5.32 Å². The number of carbonyl (C=O) groups excluding carboxylic acids is 5. The number of amides is 4. The van der Waals surface area contributed by atoms with Crippen LogP contribution in [0.25, 0.3) is 0 Å². The van der Waals surface area contributed by atoms with E-state index in [0.29, 0.717) is 32.0 Å². The lowest BCUT2D eigenvalue weighted by Gasteiger charge is -2.37. The van der Waals surface area contributed by atoms with Gasteiger partial charge in [0.15, 0.2) is 6.10 Å². The molecule has 3 aliphatic rings. The number of nitrogens with two attached hydrogens (primary N) is 1. The van der Waals surface area contributed by atoms with Gasteiger partial charge < -0.3 is 35.1 Å². The fraction of sp³-hybridized carbons (Fsp3) is 0.423. The molecular formula is C26H29FN4O8. The summed E-state index contributed by atoms with van der Waals surface area (Å²) in [5.41, 5.74) is 6.00. The van der Waals surface area contributed by atoms with Gasteiger partial charge in [-0.1, -0.05) is 0 Å². The Morgan fingerprint density at radius 1 is 1.08 bits per heavy atom. The standard InChI is InChI=1S/C26H29FN4O8/c1-15(32)39-21(24(34)29-17-4-2-16(3-5-17)23(28)33)22-26(36)31(10-13-38-22)18-6-7-20(27)19(14-18)25(35)30-8-11-37-12-9-30/h2-5,14,21-22H,6-13H2,1H3,(H2,28,33)(H,29,34)/t21-,22-/m1/s1. The molecule has 0 aromatic heterocycles. The van der Waals surface area contributed by atoms with Gasteiger partial charge in [-0.3, -0.25) is 24.0 Å². The van der Waals surface area contributed by atoms with Crippen molar-refractivity contribution in [3.63, 3.8) is 0 Å². The maximum atomic E-state index is 14.7. The number of nitrogens with zero attached hydrogens (tertiary/aromatic N) is 2. The smallest absolute Gasteiger partial charge is 0.303 e. The summed E-state index contributed by atoms with van der Waals surface area (Å²) in [6.07, 6.45) is -1.68. The first-order valence-corrected chi connectivity index (χ1v) is 12.4. The summed E-state index contributed by atoms with van der Waals surface area (Å²) in [5.74, 6) is -4.00. The molecule has 2 heterocycles. The quantitative estimate of drug-likeness (QED) is 0.474. The van der Waals surface area contributed by atoms with Crippen LogP contribution < -0.4 is 11.1 Å². The number of esters is 1. The predicted molar refractivity (Wildman–Crippen MR) is 133 cm³/mol. The van der Waals surface area contributed by atoms with Gasteiger partial charge in [0.2, 0.25) is 12.0 Å². The molecule has 1 aliphatic carbocycles. The van der Waals surface area contributed by atoms with E-state index in [1.165, 1.54) is 40.1 Å². The van der Waals surface area contributed by atoms with Crippen LogP contribution in [0.3, 0.4) is 0 Å². The van der Waals surface area contributed by atoms with Gasteiger partial charge in [-0.2, -0.15) is 0 Å². The highest BCUT2D eigenvalue weighted by molar-refractivity contribution is 6.01. The van der Waals surface area contributed by atoms with Crippen LogP contribution in [-0.2, 0) is 33.4 Å². The third-order valence-electron chi connectivity index (χ3n) is 6.46. The van der Waals surface area contributed by atoms with Gasteiger partial charge in [0.05, 0.1) is 25.4 Å². The van der Waals surface area contributed by atoms with Crippen LogP contribution in [0.5, 0.6) is 0 Å². The van der Waals surface area contributed by atoms with Crippen molar-refractivity contribution in [3.8, 4) is 0 Å². The Bertz CT molecular complexity index is 1220. The molecule has 1 aromatic rings. The number of benzene rings is 1. The lowest BCUT2D eigenvalue weighted by Crippen LogP contribution is -2.56. The Labute approximate surface area is 223 Å². The van der Waals surface area contributed by atoms with Crippen molar-refractivity contribution in [2.45, 2.75) is 32.0 Å². The summed E-state index contributed by atoms with van der Waals surface area (Å²) in [7, 11) is 0. The number of hydrogen-bond acceptors (Lipinski definition) is 8. The molecule has 39 heavy (non-hydrogen) atoms. The number of rotatable bonds is 7. The SMILES string of the molecule is CC(=O)O[C@@H](C(=O)Nc1ccc(C(N)=O)cc1)[C@H]1OCCN(C2=CC(C(=O)N3CCOCC3)=C(F)CC2)C1=O. The van der Waals surface area contributed by atoms with Gasteiger partial charge in [-0.25, -0.2) is 4.39 Å². The molecule has 1 aromatic carbocycles. The first-order chi connectivity index (χ1) is 18.7. The molecule has 0 bridgehead atoms. The van der Waals surface area contributed by atoms with E-state index in [1.54, 1.807) is 0 Å². The van der Waals surface area contributed by atoms with Gasteiger partial charge in [-0.05, 0) is 36.8 Å². The molecule has 12 nitrogen and oxygen atoms in total. The molecule has 2 atom stereocenters. The normalized spacial score (nSPS) is 20.7. The number of halogens is 1. The maximum Gasteiger partial charge on any atom is 0.303 e. The van der Waals surface area contributed by atoms with E-state index in [9.17, 15) is 28.4 Å². The molecule has 0 spiro atoms. The summed E-state index contributed by atoms with van der Waals surface area (Å²) < 4.78 is 30.7. The van der Waals surface area contributed by atoms with E-state index in [-0.39, 0.29) is 42.8 Å². The van der Waals surface area contributed by atoms with Gasteiger partial charge in [0, 0.05) is 49.9 Å². The molecule has 0 saturated carbocycles. The van der Waals surface area contributed by atoms with E-state index in [1.807, 2.05) is 0 Å². The molecule has 3 N–H and O–H groups in total. The second kappa shape index (κ2) is 12.2. The fourth-order valence-electron chi connectivity index (χ4n) is 4.49. The fourth-order valence-corrected chi connectivity index (χ4v) is 4.49. The second-order valence-corrected chi connectivity index (χ2v) is 9.10. The second-order valence-electron chi connectivity index (χ2n) is 9.10. The van der Waals surface area contributed by atoms with Crippen LogP contribution in [0, 0.1) is 0 Å². The molecule has 0 radical (unpaired) electrons. The summed E-state index contributed by atoms with van der Waals surface area (Å²) in [5, 5.41) is 2.54. The van der Waals surface area contributed by atoms with Crippen LogP contribution in [-0.4, -0.2) is 91.1 Å². The number of nitrogens with one attached hydrogen (secondary N) is 1. The van der Waals surface area contributed by atoms with Gasteiger partial charge in [0.1, 0.15) is 5.83 Å². The van der Waals surface area contributed by atoms with E-state index >= 15 is 0 Å². The monoisotopic (exact) mass is 544 g/mol. The average molecular weight is 545 g/mol. The Kier molecular flexibility index (Phi) is 8.72. The van der Waals surface area contributed by atoms with E-state index in [0.717, 1.165) is 6.92 Å². The van der Waals surface area contributed by atoms with Crippen LogP contribution in [0.1, 0.15) is 30.1 Å². The topological polar surface area (TPSA) is 158 Å². The number of anilines is 1. The van der Waals surface area contributed by atoms with Crippen LogP contribution >= 0.6 is 0 Å². The first kappa shape index (κ1) is 27.9. The lowest BCUT2D eigenvalue weighted by molar-refractivity contribution is -0.175. The Morgan fingerprint density at radius 3 is 2.41 bits per heavy atom. The molecule has 2 fully saturated rings. The predicted octanol–water partition coefficient (Wildman–Crippen LogP) is 0.643. The van der Waals surface area contributed by atoms with Crippen LogP contribution in [0.4, 0.5) is 10.1 Å². The Hall–Kier alpha value is -4.10. The Balaban J connectivity index is 1.53. The Morgan fingerprint density at radius 2 is 1.77 bits per heavy atom. The molecule has 4 amide bonds. The van der Waals surface area contributed by atoms with Crippen molar-refractivity contribution in [3.05, 3.63) is 53.0 Å². The zero-order chi connectivity index (χ0) is 28.1. The van der Waals surface area contributed by atoms with E-state index < -0.39 is 47.6 Å². The summed E-state index contributed by atoms with van der Waals surface area (Å²) in [4.78, 5) is 65.5. The van der Waals surface area contributed by atoms with Crippen molar-refractivity contribution < 1.29 is 42.6 Å². The van der Waals surface area contributed by atoms with Crippen LogP contribution in [0.2, 0.25) is 0 Å². The van der Waals surface area contributed by atoms with Crippen molar-refractivity contribution in [1.82, 2.24) is 9.80 Å². The molecule has 2 aliphatic heterocycles. The van der Waals surface area contributed by atoms with Crippen molar-refractivity contribution in [2.75, 3.05) is 44.8 Å². The first-order valence-electron chi connectivity index (χ1n) is 12.4. The minimum atomic E-state index is -1.64. The van der Waals surface area contributed by atoms with Crippen molar-refractivity contribution in [2.24, 2.45) is 5.73 Å². The maximum absolute atomic E-state index is 14.7. The molecule has 0 unspecified atom stereocenters. The lowest BCUT2D eigenvalue weighted by atomic mass is 9.99. The average Bonchev–Trinajstić information content (AvgIpc) is 2.92. The van der Waals surface area contributed by atoms with Gasteiger partial charge in [-0.15, -0.1) is 0 Å².